The minimum absolute atomic E-state index is 0.0788. The van der Waals surface area contributed by atoms with Crippen LogP contribution in [0.3, 0.4) is 0 Å². The summed E-state index contributed by atoms with van der Waals surface area (Å²) in [5.41, 5.74) is -0.971. The fraction of sp³-hybridized carbons (Fsp3) is 0.562. The van der Waals surface area contributed by atoms with E-state index in [2.05, 4.69) is 15.1 Å². The third kappa shape index (κ3) is 3.70. The van der Waals surface area contributed by atoms with Crippen LogP contribution in [0.4, 0.5) is 0 Å². The van der Waals surface area contributed by atoms with Gasteiger partial charge in [0.05, 0.1) is 0 Å². The van der Waals surface area contributed by atoms with E-state index in [9.17, 15) is 14.4 Å². The number of H-pyrrole nitrogens is 1. The number of aryl methyl sites for hydroxylation is 1. The Labute approximate surface area is 143 Å². The number of aromatic nitrogens is 4. The van der Waals surface area contributed by atoms with Crippen LogP contribution in [0.2, 0.25) is 0 Å². The van der Waals surface area contributed by atoms with E-state index < -0.39 is 11.2 Å². The molecule has 1 amide bonds. The summed E-state index contributed by atoms with van der Waals surface area (Å²) in [6.45, 7) is 4.80. The Bertz CT molecular complexity index is 866. The van der Waals surface area contributed by atoms with Gasteiger partial charge in [0.15, 0.2) is 5.82 Å². The standard InChI is InChI=1S/C16H21N5O4/c1-10(2)14-18-15(25-19-14)11-4-3-7-21(11)13(23)6-9-20-8-5-12(22)17-16(20)24/h5,8,10-11H,3-4,6-7,9H2,1-2H3,(H,17,22,24). The molecule has 1 N–H and O–H groups in total. The summed E-state index contributed by atoms with van der Waals surface area (Å²) in [6, 6.07) is 1.05. The second kappa shape index (κ2) is 7.04. The molecule has 3 heterocycles. The number of aromatic amines is 1. The number of hydrogen-bond donors (Lipinski definition) is 1. The SMILES string of the molecule is CC(C)c1noc(C2CCCN2C(=O)CCn2ccc(=O)[nH]c2=O)n1. The summed E-state index contributed by atoms with van der Waals surface area (Å²) in [6.07, 6.45) is 3.20. The monoisotopic (exact) mass is 347 g/mol. The summed E-state index contributed by atoms with van der Waals surface area (Å²) in [5, 5.41) is 3.96. The third-order valence-electron chi connectivity index (χ3n) is 4.30. The Morgan fingerprint density at radius 3 is 2.92 bits per heavy atom. The molecule has 9 nitrogen and oxygen atoms in total. The summed E-state index contributed by atoms with van der Waals surface area (Å²) >= 11 is 0. The van der Waals surface area contributed by atoms with Crippen molar-refractivity contribution in [2.45, 2.75) is 51.6 Å². The highest BCUT2D eigenvalue weighted by Gasteiger charge is 2.33. The van der Waals surface area contributed by atoms with Crippen molar-refractivity contribution < 1.29 is 9.32 Å². The van der Waals surface area contributed by atoms with Crippen LogP contribution < -0.4 is 11.2 Å². The highest BCUT2D eigenvalue weighted by atomic mass is 16.5. The molecule has 1 unspecified atom stereocenters. The number of hydrogen-bond acceptors (Lipinski definition) is 6. The van der Waals surface area contributed by atoms with Crippen LogP contribution in [-0.2, 0) is 11.3 Å². The molecule has 0 radical (unpaired) electrons. The van der Waals surface area contributed by atoms with Crippen LogP contribution in [0.1, 0.15) is 56.8 Å². The van der Waals surface area contributed by atoms with Crippen molar-refractivity contribution in [1.29, 1.82) is 0 Å². The van der Waals surface area contributed by atoms with E-state index in [0.717, 1.165) is 12.8 Å². The van der Waals surface area contributed by atoms with E-state index in [0.29, 0.717) is 18.3 Å². The van der Waals surface area contributed by atoms with Crippen molar-refractivity contribution in [3.05, 3.63) is 44.8 Å². The van der Waals surface area contributed by atoms with Crippen LogP contribution in [0, 0.1) is 0 Å². The molecular weight excluding hydrogens is 326 g/mol. The molecule has 1 saturated heterocycles. The van der Waals surface area contributed by atoms with E-state index in [1.807, 2.05) is 13.8 Å². The van der Waals surface area contributed by atoms with E-state index in [1.54, 1.807) is 4.90 Å². The zero-order chi connectivity index (χ0) is 18.0. The number of carbonyl (C=O) groups excluding carboxylic acids is 1. The number of likely N-dealkylation sites (tertiary alicyclic amines) is 1. The lowest BCUT2D eigenvalue weighted by molar-refractivity contribution is -0.132. The van der Waals surface area contributed by atoms with Gasteiger partial charge in [-0.05, 0) is 12.8 Å². The van der Waals surface area contributed by atoms with E-state index in [-0.39, 0.29) is 30.8 Å². The van der Waals surface area contributed by atoms with Crippen LogP contribution in [0.15, 0.2) is 26.4 Å². The highest BCUT2D eigenvalue weighted by Crippen LogP contribution is 2.32. The van der Waals surface area contributed by atoms with Crippen LogP contribution in [-0.4, -0.2) is 37.0 Å². The molecule has 1 aliphatic heterocycles. The molecule has 134 valence electrons. The Hall–Kier alpha value is -2.71. The number of nitrogens with zero attached hydrogens (tertiary/aromatic N) is 4. The zero-order valence-corrected chi connectivity index (χ0v) is 14.3. The third-order valence-corrected chi connectivity index (χ3v) is 4.30. The summed E-state index contributed by atoms with van der Waals surface area (Å²) in [7, 11) is 0. The van der Waals surface area contributed by atoms with Crippen molar-refractivity contribution in [3.8, 4) is 0 Å². The fourth-order valence-corrected chi connectivity index (χ4v) is 2.92. The smallest absolute Gasteiger partial charge is 0.328 e. The molecule has 9 heteroatoms. The summed E-state index contributed by atoms with van der Waals surface area (Å²) in [5.74, 6) is 1.19. The van der Waals surface area contributed by atoms with Crippen LogP contribution in [0.5, 0.6) is 0 Å². The Morgan fingerprint density at radius 2 is 2.24 bits per heavy atom. The summed E-state index contributed by atoms with van der Waals surface area (Å²) < 4.78 is 6.65. The van der Waals surface area contributed by atoms with Gasteiger partial charge >= 0.3 is 5.69 Å². The first-order valence-electron chi connectivity index (χ1n) is 8.38. The topological polar surface area (TPSA) is 114 Å². The van der Waals surface area contributed by atoms with Gasteiger partial charge in [-0.15, -0.1) is 0 Å². The van der Waals surface area contributed by atoms with E-state index in [1.165, 1.54) is 16.8 Å². The van der Waals surface area contributed by atoms with Gasteiger partial charge in [-0.25, -0.2) is 4.79 Å². The second-order valence-corrected chi connectivity index (χ2v) is 6.44. The van der Waals surface area contributed by atoms with Crippen LogP contribution >= 0.6 is 0 Å². The molecule has 25 heavy (non-hydrogen) atoms. The molecule has 0 aromatic carbocycles. The quantitative estimate of drug-likeness (QED) is 0.855. The Kier molecular flexibility index (Phi) is 4.82. The summed E-state index contributed by atoms with van der Waals surface area (Å²) in [4.78, 5) is 43.6. The lowest BCUT2D eigenvalue weighted by Crippen LogP contribution is -2.34. The largest absolute Gasteiger partial charge is 0.337 e. The number of carbonyl (C=O) groups is 1. The van der Waals surface area contributed by atoms with Gasteiger partial charge in [0.25, 0.3) is 5.56 Å². The predicted molar refractivity (Wildman–Crippen MR) is 88.0 cm³/mol. The lowest BCUT2D eigenvalue weighted by atomic mass is 10.2. The molecule has 2 aromatic rings. The maximum Gasteiger partial charge on any atom is 0.328 e. The Balaban J connectivity index is 1.68. The number of nitrogens with one attached hydrogen (secondary N) is 1. The molecule has 3 rings (SSSR count). The van der Waals surface area contributed by atoms with Gasteiger partial charge in [-0.3, -0.25) is 14.6 Å². The number of rotatable bonds is 5. The molecule has 1 atom stereocenters. The molecule has 0 spiro atoms. The van der Waals surface area contributed by atoms with E-state index >= 15 is 0 Å². The second-order valence-electron chi connectivity index (χ2n) is 6.44. The van der Waals surface area contributed by atoms with E-state index in [4.69, 9.17) is 4.52 Å². The maximum absolute atomic E-state index is 12.6. The van der Waals surface area contributed by atoms with Gasteiger partial charge in [-0.2, -0.15) is 4.98 Å². The average Bonchev–Trinajstić information content (AvgIpc) is 3.22. The molecule has 2 aromatic heterocycles. The lowest BCUT2D eigenvalue weighted by Gasteiger charge is -2.22. The van der Waals surface area contributed by atoms with Gasteiger partial charge in [-0.1, -0.05) is 19.0 Å². The molecule has 1 fully saturated rings. The maximum atomic E-state index is 12.6. The highest BCUT2D eigenvalue weighted by molar-refractivity contribution is 5.76. The zero-order valence-electron chi connectivity index (χ0n) is 14.3. The van der Waals surface area contributed by atoms with Crippen molar-refractivity contribution in [3.63, 3.8) is 0 Å². The predicted octanol–water partition coefficient (Wildman–Crippen LogP) is 0.797. The van der Waals surface area contributed by atoms with Crippen molar-refractivity contribution in [1.82, 2.24) is 24.6 Å². The first kappa shape index (κ1) is 17.1. The van der Waals surface area contributed by atoms with Crippen molar-refractivity contribution in [2.24, 2.45) is 0 Å². The van der Waals surface area contributed by atoms with Crippen molar-refractivity contribution in [2.75, 3.05) is 6.54 Å². The molecule has 0 aliphatic carbocycles. The Morgan fingerprint density at radius 1 is 1.44 bits per heavy atom. The fourth-order valence-electron chi connectivity index (χ4n) is 2.92. The minimum Gasteiger partial charge on any atom is -0.337 e. The minimum atomic E-state index is -0.517. The van der Waals surface area contributed by atoms with Gasteiger partial charge in [0.1, 0.15) is 6.04 Å². The number of amides is 1. The van der Waals surface area contributed by atoms with Crippen LogP contribution in [0.25, 0.3) is 0 Å². The van der Waals surface area contributed by atoms with Gasteiger partial charge < -0.3 is 14.0 Å². The van der Waals surface area contributed by atoms with Gasteiger partial charge in [0.2, 0.25) is 11.8 Å². The normalized spacial score (nSPS) is 17.4. The molecule has 0 bridgehead atoms. The molecule has 1 aliphatic rings. The average molecular weight is 347 g/mol. The first-order valence-corrected chi connectivity index (χ1v) is 8.38. The molecule has 0 saturated carbocycles. The molecular formula is C16H21N5O4. The van der Waals surface area contributed by atoms with Crippen molar-refractivity contribution >= 4 is 5.91 Å². The van der Waals surface area contributed by atoms with Gasteiger partial charge in [0, 0.05) is 37.7 Å². The first-order chi connectivity index (χ1) is 12.0.